The van der Waals surface area contributed by atoms with Gasteiger partial charge >= 0.3 is 0 Å². The fourth-order valence-corrected chi connectivity index (χ4v) is 4.12. The fraction of sp³-hybridized carbons (Fsp3) is 0.143. The first kappa shape index (κ1) is 16.1. The third-order valence-corrected chi connectivity index (χ3v) is 6.14. The number of nitrogens with two attached hydrogens (primary N) is 1. The second kappa shape index (κ2) is 5.87. The highest BCUT2D eigenvalue weighted by molar-refractivity contribution is 9.10. The fourth-order valence-electron chi connectivity index (χ4n) is 1.95. The summed E-state index contributed by atoms with van der Waals surface area (Å²) in [6.07, 6.45) is 0. The van der Waals surface area contributed by atoms with E-state index in [1.54, 1.807) is 37.3 Å². The number of nitrogen functional groups attached to an aromatic ring is 1. The molecule has 3 N–H and O–H groups in total. The van der Waals surface area contributed by atoms with Gasteiger partial charge in [-0.1, -0.05) is 23.7 Å². The van der Waals surface area contributed by atoms with Crippen molar-refractivity contribution in [1.82, 2.24) is 0 Å². The number of aryl methyl sites for hydroxylation is 1. The van der Waals surface area contributed by atoms with E-state index in [0.29, 0.717) is 20.7 Å². The highest BCUT2D eigenvalue weighted by Gasteiger charge is 2.22. The predicted molar refractivity (Wildman–Crippen MR) is 90.3 cm³/mol. The van der Waals surface area contributed by atoms with Crippen molar-refractivity contribution >= 4 is 48.9 Å². The third-order valence-electron chi connectivity index (χ3n) is 3.17. The lowest BCUT2D eigenvalue weighted by atomic mass is 10.1. The number of nitrogens with one attached hydrogen (secondary N) is 1. The average molecular weight is 390 g/mol. The van der Waals surface area contributed by atoms with E-state index in [0.717, 1.165) is 5.56 Å². The zero-order chi connectivity index (χ0) is 15.8. The summed E-state index contributed by atoms with van der Waals surface area (Å²) in [4.78, 5) is 0.0920. The Morgan fingerprint density at radius 1 is 1.19 bits per heavy atom. The van der Waals surface area contributed by atoms with Crippen molar-refractivity contribution in [2.24, 2.45) is 0 Å². The zero-order valence-electron chi connectivity index (χ0n) is 11.4. The Morgan fingerprint density at radius 3 is 2.52 bits per heavy atom. The van der Waals surface area contributed by atoms with Crippen LogP contribution in [0.1, 0.15) is 11.1 Å². The molecule has 0 spiro atoms. The molecule has 0 atom stereocenters. The number of hydrogen-bond acceptors (Lipinski definition) is 3. The molecule has 21 heavy (non-hydrogen) atoms. The summed E-state index contributed by atoms with van der Waals surface area (Å²) in [7, 11) is -3.80. The van der Waals surface area contributed by atoms with Crippen LogP contribution in [0.2, 0.25) is 5.02 Å². The minimum atomic E-state index is -3.80. The quantitative estimate of drug-likeness (QED) is 0.776. The minimum Gasteiger partial charge on any atom is -0.398 e. The monoisotopic (exact) mass is 388 g/mol. The summed E-state index contributed by atoms with van der Waals surface area (Å²) in [6.45, 7) is 3.57. The maximum atomic E-state index is 12.6. The van der Waals surface area contributed by atoms with Crippen LogP contribution in [0.3, 0.4) is 0 Å². The number of sulfonamides is 1. The Hall–Kier alpha value is -1.24. The number of rotatable bonds is 3. The van der Waals surface area contributed by atoms with E-state index < -0.39 is 10.0 Å². The second-order valence-electron chi connectivity index (χ2n) is 4.63. The molecule has 0 fully saturated rings. The van der Waals surface area contributed by atoms with E-state index in [-0.39, 0.29) is 10.6 Å². The molecule has 0 aliphatic heterocycles. The summed E-state index contributed by atoms with van der Waals surface area (Å²) in [5.41, 5.74) is 7.90. The van der Waals surface area contributed by atoms with Gasteiger partial charge in [-0.05, 0) is 59.1 Å². The smallest absolute Gasteiger partial charge is 0.264 e. The van der Waals surface area contributed by atoms with Crippen LogP contribution in [0.15, 0.2) is 39.7 Å². The van der Waals surface area contributed by atoms with Crippen molar-refractivity contribution < 1.29 is 8.42 Å². The molecular formula is C14H14BrClN2O2S. The maximum absolute atomic E-state index is 12.6. The van der Waals surface area contributed by atoms with Crippen LogP contribution in [0.25, 0.3) is 0 Å². The second-order valence-corrected chi connectivity index (χ2v) is 7.45. The van der Waals surface area contributed by atoms with Crippen molar-refractivity contribution in [1.29, 1.82) is 0 Å². The molecule has 4 nitrogen and oxygen atoms in total. The molecule has 2 aromatic rings. The van der Waals surface area contributed by atoms with Crippen molar-refractivity contribution in [3.63, 3.8) is 0 Å². The Balaban J connectivity index is 2.54. The van der Waals surface area contributed by atoms with Crippen LogP contribution in [-0.2, 0) is 10.0 Å². The summed E-state index contributed by atoms with van der Waals surface area (Å²) < 4.78 is 28.2. The highest BCUT2D eigenvalue weighted by Crippen LogP contribution is 2.33. The summed E-state index contributed by atoms with van der Waals surface area (Å²) >= 11 is 9.24. The van der Waals surface area contributed by atoms with Crippen molar-refractivity contribution in [2.75, 3.05) is 10.5 Å². The molecule has 0 unspecified atom stereocenters. The van der Waals surface area contributed by atoms with Gasteiger partial charge in [0.05, 0.1) is 20.9 Å². The molecule has 2 rings (SSSR count). The molecule has 0 radical (unpaired) electrons. The van der Waals surface area contributed by atoms with Gasteiger partial charge in [-0.15, -0.1) is 0 Å². The molecule has 7 heteroatoms. The molecule has 0 saturated heterocycles. The lowest BCUT2D eigenvalue weighted by Crippen LogP contribution is -2.17. The first-order chi connectivity index (χ1) is 9.74. The SMILES string of the molecule is Cc1ccc(N)c(S(=O)(=O)Nc2cccc(Cl)c2Br)c1C. The lowest BCUT2D eigenvalue weighted by Gasteiger charge is -2.15. The van der Waals surface area contributed by atoms with Crippen LogP contribution in [0.5, 0.6) is 0 Å². The van der Waals surface area contributed by atoms with Crippen LogP contribution in [0, 0.1) is 13.8 Å². The van der Waals surface area contributed by atoms with Crippen molar-refractivity contribution in [2.45, 2.75) is 18.7 Å². The first-order valence-electron chi connectivity index (χ1n) is 6.06. The molecule has 0 amide bonds. The van der Waals surface area contributed by atoms with Gasteiger partial charge in [-0.2, -0.15) is 0 Å². The van der Waals surface area contributed by atoms with Gasteiger partial charge in [0.1, 0.15) is 4.90 Å². The van der Waals surface area contributed by atoms with Crippen LogP contribution < -0.4 is 10.5 Å². The zero-order valence-corrected chi connectivity index (χ0v) is 14.6. The van der Waals surface area contributed by atoms with E-state index in [9.17, 15) is 8.42 Å². The van der Waals surface area contributed by atoms with Gasteiger partial charge < -0.3 is 5.73 Å². The standard InChI is InChI=1S/C14H14BrClN2O2S/c1-8-6-7-11(17)14(9(8)2)21(19,20)18-12-5-3-4-10(16)13(12)15/h3-7,18H,17H2,1-2H3. The normalized spacial score (nSPS) is 11.4. The number of benzene rings is 2. The molecule has 112 valence electrons. The number of anilines is 2. The Labute approximate surface area is 137 Å². The Kier molecular flexibility index (Phi) is 4.51. The van der Waals surface area contributed by atoms with Gasteiger partial charge in [0, 0.05) is 0 Å². The van der Waals surface area contributed by atoms with Crippen LogP contribution >= 0.6 is 27.5 Å². The molecule has 0 aliphatic carbocycles. The minimum absolute atomic E-state index is 0.0920. The van der Waals surface area contributed by atoms with E-state index in [4.69, 9.17) is 17.3 Å². The maximum Gasteiger partial charge on any atom is 0.264 e. The van der Waals surface area contributed by atoms with Gasteiger partial charge in [0.2, 0.25) is 0 Å². The molecule has 0 aliphatic rings. The van der Waals surface area contributed by atoms with Crippen molar-refractivity contribution in [3.05, 3.63) is 51.0 Å². The Bertz CT molecular complexity index is 807. The molecule has 0 saturated carbocycles. The summed E-state index contributed by atoms with van der Waals surface area (Å²) in [5.74, 6) is 0. The average Bonchev–Trinajstić information content (AvgIpc) is 2.39. The largest absolute Gasteiger partial charge is 0.398 e. The van der Waals surface area contributed by atoms with Crippen LogP contribution in [-0.4, -0.2) is 8.42 Å². The lowest BCUT2D eigenvalue weighted by molar-refractivity contribution is 0.601. The van der Waals surface area contributed by atoms with Crippen LogP contribution in [0.4, 0.5) is 11.4 Å². The predicted octanol–water partition coefficient (Wildman–Crippen LogP) is 4.10. The van der Waals surface area contributed by atoms with Crippen molar-refractivity contribution in [3.8, 4) is 0 Å². The molecule has 2 aromatic carbocycles. The molecule has 0 aromatic heterocycles. The number of halogens is 2. The summed E-state index contributed by atoms with van der Waals surface area (Å²) in [6, 6.07) is 8.32. The Morgan fingerprint density at radius 2 is 1.86 bits per heavy atom. The van der Waals surface area contributed by atoms with E-state index in [2.05, 4.69) is 20.7 Å². The topological polar surface area (TPSA) is 72.2 Å². The first-order valence-corrected chi connectivity index (χ1v) is 8.72. The van der Waals surface area contributed by atoms with Gasteiger partial charge in [-0.25, -0.2) is 8.42 Å². The van der Waals surface area contributed by atoms with E-state index >= 15 is 0 Å². The van der Waals surface area contributed by atoms with Gasteiger partial charge in [0.25, 0.3) is 10.0 Å². The highest BCUT2D eigenvalue weighted by atomic mass is 79.9. The third kappa shape index (κ3) is 3.17. The molecule has 0 bridgehead atoms. The molecule has 0 heterocycles. The van der Waals surface area contributed by atoms with Gasteiger partial charge in [-0.3, -0.25) is 4.72 Å². The summed E-state index contributed by atoms with van der Waals surface area (Å²) in [5, 5.41) is 0.420. The van der Waals surface area contributed by atoms with E-state index in [1.807, 2.05) is 6.92 Å². The van der Waals surface area contributed by atoms with Gasteiger partial charge in [0.15, 0.2) is 0 Å². The number of hydrogen-bond donors (Lipinski definition) is 2. The molecular weight excluding hydrogens is 376 g/mol. The van der Waals surface area contributed by atoms with E-state index in [1.165, 1.54) is 0 Å².